The lowest BCUT2D eigenvalue weighted by molar-refractivity contribution is -0.112. The van der Waals surface area contributed by atoms with Crippen molar-refractivity contribution >= 4 is 34.8 Å². The zero-order chi connectivity index (χ0) is 20.2. The van der Waals surface area contributed by atoms with Gasteiger partial charge in [-0.05, 0) is 31.0 Å². The van der Waals surface area contributed by atoms with Crippen molar-refractivity contribution in [3.63, 3.8) is 0 Å². The molecule has 0 aliphatic heterocycles. The Hall–Kier alpha value is -1.70. The number of benzene rings is 1. The van der Waals surface area contributed by atoms with Crippen LogP contribution < -0.4 is 10.6 Å². The summed E-state index contributed by atoms with van der Waals surface area (Å²) in [5.41, 5.74) is 0.473. The van der Waals surface area contributed by atoms with Crippen LogP contribution in [0.15, 0.2) is 30.0 Å². The van der Waals surface area contributed by atoms with E-state index in [9.17, 15) is 10.1 Å². The second-order valence-electron chi connectivity index (χ2n) is 7.37. The third-order valence-corrected chi connectivity index (χ3v) is 5.66. The van der Waals surface area contributed by atoms with Crippen molar-refractivity contribution in [3.05, 3.63) is 40.0 Å². The molecule has 2 N–H and O–H groups in total. The predicted molar refractivity (Wildman–Crippen MR) is 116 cm³/mol. The van der Waals surface area contributed by atoms with Gasteiger partial charge in [0.2, 0.25) is 0 Å². The molecule has 6 heteroatoms. The van der Waals surface area contributed by atoms with Gasteiger partial charge in [-0.1, -0.05) is 81.0 Å². The number of hydrogen-bond acceptors (Lipinski definition) is 3. The summed E-state index contributed by atoms with van der Waals surface area (Å²) in [6.45, 7) is 0. The van der Waals surface area contributed by atoms with Crippen LogP contribution in [0, 0.1) is 11.3 Å². The van der Waals surface area contributed by atoms with E-state index in [4.69, 9.17) is 23.2 Å². The van der Waals surface area contributed by atoms with Gasteiger partial charge in [-0.15, -0.1) is 0 Å². The molecule has 4 nitrogen and oxygen atoms in total. The van der Waals surface area contributed by atoms with Crippen LogP contribution in [0.4, 0.5) is 5.69 Å². The lowest BCUT2D eigenvalue weighted by Crippen LogP contribution is -2.26. The molecule has 0 unspecified atom stereocenters. The van der Waals surface area contributed by atoms with Gasteiger partial charge in [0.25, 0.3) is 5.91 Å². The highest BCUT2D eigenvalue weighted by Gasteiger charge is 2.13. The van der Waals surface area contributed by atoms with Gasteiger partial charge in [-0.3, -0.25) is 4.79 Å². The van der Waals surface area contributed by atoms with Crippen LogP contribution in [0.1, 0.15) is 70.6 Å². The fourth-order valence-electron chi connectivity index (χ4n) is 3.46. The summed E-state index contributed by atoms with van der Waals surface area (Å²) in [4.78, 5) is 12.4. The molecule has 0 bridgehead atoms. The van der Waals surface area contributed by atoms with E-state index in [0.717, 1.165) is 12.8 Å². The molecule has 1 fully saturated rings. The molecule has 0 spiro atoms. The van der Waals surface area contributed by atoms with Crippen molar-refractivity contribution in [3.8, 4) is 6.07 Å². The van der Waals surface area contributed by atoms with Crippen molar-refractivity contribution in [1.82, 2.24) is 5.32 Å². The quantitative estimate of drug-likeness (QED) is 0.424. The van der Waals surface area contributed by atoms with Crippen molar-refractivity contribution in [2.24, 2.45) is 0 Å². The number of carbonyl (C=O) groups excluding carboxylic acids is 1. The molecule has 1 aliphatic rings. The topological polar surface area (TPSA) is 64.9 Å². The van der Waals surface area contributed by atoms with Crippen LogP contribution in [0.2, 0.25) is 10.0 Å². The minimum atomic E-state index is -0.479. The predicted octanol–water partition coefficient (Wildman–Crippen LogP) is 6.60. The van der Waals surface area contributed by atoms with Gasteiger partial charge in [0, 0.05) is 17.3 Å². The van der Waals surface area contributed by atoms with Gasteiger partial charge in [0.15, 0.2) is 0 Å². The highest BCUT2D eigenvalue weighted by Crippen LogP contribution is 2.25. The number of amides is 1. The van der Waals surface area contributed by atoms with Crippen molar-refractivity contribution in [1.29, 1.82) is 5.26 Å². The molecule has 1 saturated carbocycles. The zero-order valence-electron chi connectivity index (χ0n) is 16.3. The summed E-state index contributed by atoms with van der Waals surface area (Å²) in [5, 5.41) is 16.2. The van der Waals surface area contributed by atoms with Crippen LogP contribution >= 0.6 is 23.2 Å². The molecule has 2 rings (SSSR count). The van der Waals surface area contributed by atoms with E-state index in [0.29, 0.717) is 21.8 Å². The average Bonchev–Trinajstić information content (AvgIpc) is 2.66. The molecule has 1 amide bonds. The standard InChI is InChI=1S/C22H29Cl2N3O/c23-18-12-13-21(20(24)14-18)27-22(28)17(15-25)16-26-19-10-8-6-4-2-1-3-5-7-9-11-19/h12-14,16,19,26H,1-11H2,(H,27,28)/b17-16-. The second-order valence-corrected chi connectivity index (χ2v) is 8.21. The molecule has 1 aliphatic carbocycles. The fraction of sp³-hybridized carbons (Fsp3) is 0.545. The average molecular weight is 422 g/mol. The lowest BCUT2D eigenvalue weighted by atomic mass is 9.98. The number of carbonyl (C=O) groups is 1. The third-order valence-electron chi connectivity index (χ3n) is 5.11. The SMILES string of the molecule is N#C/C(=C/NC1CCCCCCCCCCC1)C(=O)Nc1ccc(Cl)cc1Cl. The Morgan fingerprint density at radius 2 is 1.57 bits per heavy atom. The van der Waals surface area contributed by atoms with E-state index < -0.39 is 5.91 Å². The summed E-state index contributed by atoms with van der Waals surface area (Å²) in [7, 11) is 0. The first-order valence-corrected chi connectivity index (χ1v) is 11.0. The lowest BCUT2D eigenvalue weighted by Gasteiger charge is -2.18. The number of rotatable bonds is 4. The Kier molecular flexibility index (Phi) is 10.2. The smallest absolute Gasteiger partial charge is 0.267 e. The molecular weight excluding hydrogens is 393 g/mol. The Labute approximate surface area is 178 Å². The van der Waals surface area contributed by atoms with Crippen molar-refractivity contribution < 1.29 is 4.79 Å². The molecular formula is C22H29Cl2N3O. The number of nitrogens with zero attached hydrogens (tertiary/aromatic N) is 1. The number of anilines is 1. The van der Waals surface area contributed by atoms with Gasteiger partial charge in [0.05, 0.1) is 10.7 Å². The van der Waals surface area contributed by atoms with E-state index >= 15 is 0 Å². The fourth-order valence-corrected chi connectivity index (χ4v) is 3.92. The van der Waals surface area contributed by atoms with Crippen LogP contribution in [0.25, 0.3) is 0 Å². The van der Waals surface area contributed by atoms with Crippen molar-refractivity contribution in [2.75, 3.05) is 5.32 Å². The molecule has 1 aromatic rings. The van der Waals surface area contributed by atoms with E-state index in [2.05, 4.69) is 10.6 Å². The van der Waals surface area contributed by atoms with E-state index in [1.54, 1.807) is 24.4 Å². The van der Waals surface area contributed by atoms with Gasteiger partial charge >= 0.3 is 0 Å². The first kappa shape index (κ1) is 22.6. The maximum absolute atomic E-state index is 12.4. The minimum absolute atomic E-state index is 0.0390. The van der Waals surface area contributed by atoms with Crippen molar-refractivity contribution in [2.45, 2.75) is 76.7 Å². The van der Waals surface area contributed by atoms with E-state index in [1.807, 2.05) is 6.07 Å². The van der Waals surface area contributed by atoms with Crippen LogP contribution in [0.3, 0.4) is 0 Å². The first-order valence-electron chi connectivity index (χ1n) is 10.2. The third kappa shape index (κ3) is 8.12. The molecule has 0 aromatic heterocycles. The minimum Gasteiger partial charge on any atom is -0.387 e. The summed E-state index contributed by atoms with van der Waals surface area (Å²) in [5.74, 6) is -0.479. The van der Waals surface area contributed by atoms with Crippen LogP contribution in [0.5, 0.6) is 0 Å². The number of nitrogens with one attached hydrogen (secondary N) is 2. The maximum atomic E-state index is 12.4. The highest BCUT2D eigenvalue weighted by molar-refractivity contribution is 6.36. The van der Waals surface area contributed by atoms with Crippen LogP contribution in [-0.4, -0.2) is 11.9 Å². The number of halogens is 2. The zero-order valence-corrected chi connectivity index (χ0v) is 17.8. The monoisotopic (exact) mass is 421 g/mol. The molecule has 0 heterocycles. The summed E-state index contributed by atoms with van der Waals surface area (Å²) < 4.78 is 0. The molecule has 28 heavy (non-hydrogen) atoms. The van der Waals surface area contributed by atoms with Gasteiger partial charge in [-0.25, -0.2) is 0 Å². The second kappa shape index (κ2) is 12.7. The summed E-state index contributed by atoms with van der Waals surface area (Å²) >= 11 is 12.0. The molecule has 0 atom stereocenters. The number of nitriles is 1. The van der Waals surface area contributed by atoms with E-state index in [1.165, 1.54) is 57.8 Å². The Balaban J connectivity index is 1.94. The molecule has 0 saturated heterocycles. The maximum Gasteiger partial charge on any atom is 0.267 e. The first-order chi connectivity index (χ1) is 13.6. The Morgan fingerprint density at radius 3 is 2.11 bits per heavy atom. The van der Waals surface area contributed by atoms with E-state index in [-0.39, 0.29) is 5.57 Å². The summed E-state index contributed by atoms with van der Waals surface area (Å²) in [6.07, 6.45) is 15.2. The summed E-state index contributed by atoms with van der Waals surface area (Å²) in [6, 6.07) is 7.10. The van der Waals surface area contributed by atoms with Crippen LogP contribution in [-0.2, 0) is 4.79 Å². The molecule has 0 radical (unpaired) electrons. The normalized spacial score (nSPS) is 17.7. The van der Waals surface area contributed by atoms with Gasteiger partial charge in [-0.2, -0.15) is 5.26 Å². The molecule has 1 aromatic carbocycles. The largest absolute Gasteiger partial charge is 0.387 e. The Bertz CT molecular complexity index is 700. The molecule has 152 valence electrons. The Morgan fingerprint density at radius 1 is 1.00 bits per heavy atom. The van der Waals surface area contributed by atoms with Gasteiger partial charge in [0.1, 0.15) is 11.6 Å². The van der Waals surface area contributed by atoms with Gasteiger partial charge < -0.3 is 10.6 Å². The highest BCUT2D eigenvalue weighted by atomic mass is 35.5. The number of hydrogen-bond donors (Lipinski definition) is 2.